The van der Waals surface area contributed by atoms with Gasteiger partial charge < -0.3 is 9.15 Å². The van der Waals surface area contributed by atoms with E-state index in [9.17, 15) is 27.2 Å². The summed E-state index contributed by atoms with van der Waals surface area (Å²) in [6.07, 6.45) is -3.03. The van der Waals surface area contributed by atoms with Gasteiger partial charge in [-0.25, -0.2) is 14.2 Å². The first kappa shape index (κ1) is 26.4. The Hall–Kier alpha value is -4.25. The lowest BCUT2D eigenvalue weighted by atomic mass is 9.96. The number of carbonyl (C=O) groups excluding carboxylic acids is 1. The van der Waals surface area contributed by atoms with E-state index in [1.165, 1.54) is 53.1 Å². The van der Waals surface area contributed by atoms with Gasteiger partial charge in [0.25, 0.3) is 5.56 Å². The molecule has 11 heteroatoms. The van der Waals surface area contributed by atoms with Crippen molar-refractivity contribution in [3.05, 3.63) is 114 Å². The third-order valence-electron chi connectivity index (χ3n) is 6.08. The molecule has 1 aliphatic heterocycles. The molecule has 0 unspecified atom stereocenters. The molecule has 0 fully saturated rings. The first-order valence-corrected chi connectivity index (χ1v) is 12.6. The van der Waals surface area contributed by atoms with Gasteiger partial charge in [-0.05, 0) is 55.8 Å². The molecule has 0 amide bonds. The van der Waals surface area contributed by atoms with Crippen LogP contribution < -0.4 is 14.9 Å². The molecular weight excluding hydrogens is 536 g/mol. The van der Waals surface area contributed by atoms with Gasteiger partial charge in [-0.1, -0.05) is 35.6 Å². The number of nitrogens with zero attached hydrogens (tertiary/aromatic N) is 2. The second kappa shape index (κ2) is 10.1. The smallest absolute Gasteiger partial charge is 0.416 e. The Balaban J connectivity index is 1.60. The van der Waals surface area contributed by atoms with Crippen molar-refractivity contribution >= 4 is 23.4 Å². The molecule has 1 aliphatic rings. The van der Waals surface area contributed by atoms with E-state index in [-0.39, 0.29) is 33.8 Å². The lowest BCUT2D eigenvalue weighted by Crippen LogP contribution is -2.39. The van der Waals surface area contributed by atoms with Gasteiger partial charge in [-0.2, -0.15) is 13.2 Å². The number of carbonyl (C=O) groups is 1. The molecule has 2 aromatic heterocycles. The maximum Gasteiger partial charge on any atom is 0.416 e. The average molecular weight is 557 g/mol. The molecule has 4 aromatic rings. The first-order chi connectivity index (χ1) is 18.6. The van der Waals surface area contributed by atoms with Crippen molar-refractivity contribution in [2.75, 3.05) is 6.61 Å². The Morgan fingerprint density at radius 1 is 1.15 bits per heavy atom. The fourth-order valence-electron chi connectivity index (χ4n) is 4.32. The molecule has 0 spiro atoms. The monoisotopic (exact) mass is 556 g/mol. The minimum Gasteiger partial charge on any atom is -0.463 e. The highest BCUT2D eigenvalue weighted by Gasteiger charge is 2.33. The SMILES string of the molecule is CCOC(=O)C1=C(C)N=c2s/c(=C\c3ccc(-c4cccc(C(F)(F)F)c4)o3)c(=O)n2[C@H]1c1ccc(F)cc1. The summed E-state index contributed by atoms with van der Waals surface area (Å²) in [5, 5.41) is 0. The molecular formula is C28H20F4N2O4S. The van der Waals surface area contributed by atoms with Crippen LogP contribution >= 0.6 is 11.3 Å². The number of ether oxygens (including phenoxy) is 1. The molecule has 0 N–H and O–H groups in total. The minimum atomic E-state index is -4.50. The number of allylic oxidation sites excluding steroid dienone is 1. The lowest BCUT2D eigenvalue weighted by Gasteiger charge is -2.24. The zero-order valence-electron chi connectivity index (χ0n) is 20.6. The maximum atomic E-state index is 13.7. The van der Waals surface area contributed by atoms with E-state index in [1.807, 2.05) is 0 Å². The van der Waals surface area contributed by atoms with Crippen molar-refractivity contribution in [3.63, 3.8) is 0 Å². The quantitative estimate of drug-likeness (QED) is 0.250. The zero-order chi connectivity index (χ0) is 27.9. The minimum absolute atomic E-state index is 0.114. The van der Waals surface area contributed by atoms with Crippen LogP contribution in [0.4, 0.5) is 17.6 Å². The van der Waals surface area contributed by atoms with Gasteiger partial charge in [-0.15, -0.1) is 0 Å². The number of hydrogen-bond donors (Lipinski definition) is 0. The molecule has 0 aliphatic carbocycles. The second-order valence-electron chi connectivity index (χ2n) is 8.63. The molecule has 0 saturated heterocycles. The van der Waals surface area contributed by atoms with Gasteiger partial charge in [-0.3, -0.25) is 9.36 Å². The third-order valence-corrected chi connectivity index (χ3v) is 7.06. The Morgan fingerprint density at radius 2 is 1.90 bits per heavy atom. The number of aromatic nitrogens is 1. The molecule has 0 saturated carbocycles. The van der Waals surface area contributed by atoms with Gasteiger partial charge in [0.1, 0.15) is 17.3 Å². The maximum absolute atomic E-state index is 13.7. The number of halogens is 4. The second-order valence-corrected chi connectivity index (χ2v) is 9.64. The number of fused-ring (bicyclic) bond motifs is 1. The van der Waals surface area contributed by atoms with E-state index in [0.717, 1.165) is 23.5 Å². The van der Waals surface area contributed by atoms with Crippen LogP contribution in [0.2, 0.25) is 0 Å². The summed E-state index contributed by atoms with van der Waals surface area (Å²) < 4.78 is 65.6. The van der Waals surface area contributed by atoms with E-state index in [4.69, 9.17) is 9.15 Å². The fraction of sp³-hybridized carbons (Fsp3) is 0.179. The number of esters is 1. The molecule has 39 heavy (non-hydrogen) atoms. The van der Waals surface area contributed by atoms with Crippen LogP contribution in [0, 0.1) is 5.82 Å². The summed E-state index contributed by atoms with van der Waals surface area (Å²) >= 11 is 1.06. The summed E-state index contributed by atoms with van der Waals surface area (Å²) in [6, 6.07) is 12.3. The first-order valence-electron chi connectivity index (χ1n) is 11.8. The van der Waals surface area contributed by atoms with Gasteiger partial charge in [0.15, 0.2) is 4.80 Å². The van der Waals surface area contributed by atoms with Crippen LogP contribution in [-0.2, 0) is 15.7 Å². The Labute approximate surface area is 222 Å². The lowest BCUT2D eigenvalue weighted by molar-refractivity contribution is -0.139. The summed E-state index contributed by atoms with van der Waals surface area (Å²) in [5.74, 6) is -0.671. The van der Waals surface area contributed by atoms with E-state index in [1.54, 1.807) is 19.9 Å². The Bertz CT molecular complexity index is 1780. The highest BCUT2D eigenvalue weighted by atomic mass is 32.1. The topological polar surface area (TPSA) is 73.8 Å². The molecule has 0 bridgehead atoms. The highest BCUT2D eigenvalue weighted by molar-refractivity contribution is 7.07. The van der Waals surface area contributed by atoms with Crippen LogP contribution in [0.5, 0.6) is 0 Å². The Morgan fingerprint density at radius 3 is 2.59 bits per heavy atom. The third kappa shape index (κ3) is 5.09. The number of benzene rings is 2. The Kier molecular flexibility index (Phi) is 6.85. The molecule has 3 heterocycles. The molecule has 1 atom stereocenters. The van der Waals surface area contributed by atoms with Crippen molar-refractivity contribution in [2.45, 2.75) is 26.1 Å². The predicted molar refractivity (Wildman–Crippen MR) is 136 cm³/mol. The van der Waals surface area contributed by atoms with Crippen LogP contribution in [0.1, 0.15) is 36.8 Å². The van der Waals surface area contributed by atoms with E-state index in [2.05, 4.69) is 4.99 Å². The van der Waals surface area contributed by atoms with Gasteiger partial charge in [0.05, 0.1) is 34.0 Å². The van der Waals surface area contributed by atoms with Crippen molar-refractivity contribution < 1.29 is 31.5 Å². The van der Waals surface area contributed by atoms with Crippen LogP contribution in [-0.4, -0.2) is 17.1 Å². The van der Waals surface area contributed by atoms with Crippen LogP contribution in [0.15, 0.2) is 86.1 Å². The number of thiazole rings is 1. The van der Waals surface area contributed by atoms with Crippen LogP contribution in [0.25, 0.3) is 17.4 Å². The predicted octanol–water partition coefficient (Wildman–Crippen LogP) is 5.22. The van der Waals surface area contributed by atoms with Crippen molar-refractivity contribution in [2.24, 2.45) is 4.99 Å². The average Bonchev–Trinajstić information content (AvgIpc) is 3.48. The normalized spacial score (nSPS) is 15.7. The summed E-state index contributed by atoms with van der Waals surface area (Å²) in [6.45, 7) is 3.41. The highest BCUT2D eigenvalue weighted by Crippen LogP contribution is 2.33. The van der Waals surface area contributed by atoms with Crippen LogP contribution in [0.3, 0.4) is 0 Å². The van der Waals surface area contributed by atoms with Gasteiger partial charge >= 0.3 is 12.1 Å². The molecule has 0 radical (unpaired) electrons. The molecule has 6 nitrogen and oxygen atoms in total. The van der Waals surface area contributed by atoms with Gasteiger partial charge in [0.2, 0.25) is 0 Å². The molecule has 200 valence electrons. The van der Waals surface area contributed by atoms with E-state index >= 15 is 0 Å². The number of alkyl halides is 3. The number of hydrogen-bond acceptors (Lipinski definition) is 6. The zero-order valence-corrected chi connectivity index (χ0v) is 21.4. The number of rotatable bonds is 5. The largest absolute Gasteiger partial charge is 0.463 e. The van der Waals surface area contributed by atoms with E-state index in [0.29, 0.717) is 16.1 Å². The van der Waals surface area contributed by atoms with E-state index < -0.39 is 35.1 Å². The van der Waals surface area contributed by atoms with Crippen molar-refractivity contribution in [1.82, 2.24) is 4.57 Å². The summed E-state index contributed by atoms with van der Waals surface area (Å²) in [4.78, 5) is 31.3. The molecule has 5 rings (SSSR count). The van der Waals surface area contributed by atoms with Crippen molar-refractivity contribution in [3.8, 4) is 11.3 Å². The molecule has 2 aromatic carbocycles. The van der Waals surface area contributed by atoms with Crippen molar-refractivity contribution in [1.29, 1.82) is 0 Å². The fourth-order valence-corrected chi connectivity index (χ4v) is 5.34. The van der Waals surface area contributed by atoms with Gasteiger partial charge in [0, 0.05) is 11.6 Å². The summed E-state index contributed by atoms with van der Waals surface area (Å²) in [7, 11) is 0. The summed E-state index contributed by atoms with van der Waals surface area (Å²) in [5.41, 5.74) is -0.0324. The standard InChI is InChI=1S/C28H20F4N2O4S/c1-3-37-26(36)23-15(2)33-27-34(24(23)16-7-9-19(29)10-8-16)25(35)22(39-27)14-20-11-12-21(38-20)17-5-4-6-18(13-17)28(30,31)32/h4-14,24H,3H2,1-2H3/b22-14-/t24-/m0/s1. The number of furan rings is 1.